The Kier molecular flexibility index (Phi) is 5.04. The molecule has 0 saturated carbocycles. The lowest BCUT2D eigenvalue weighted by atomic mass is 9.89. The molecular formula is C22H27FN2O2. The molecule has 1 fully saturated rings. The Bertz CT molecular complexity index is 819. The molecule has 0 bridgehead atoms. The molecule has 2 aromatic rings. The van der Waals surface area contributed by atoms with E-state index in [-0.39, 0.29) is 11.9 Å². The third-order valence-corrected chi connectivity index (χ3v) is 5.69. The van der Waals surface area contributed by atoms with Gasteiger partial charge in [0.2, 0.25) is 0 Å². The van der Waals surface area contributed by atoms with Crippen molar-refractivity contribution in [2.24, 2.45) is 0 Å². The minimum atomic E-state index is -0.218. The lowest BCUT2D eigenvalue weighted by molar-refractivity contribution is 0.151. The first kappa shape index (κ1) is 18.2. The fraction of sp³-hybridized carbons (Fsp3) is 0.500. The summed E-state index contributed by atoms with van der Waals surface area (Å²) in [6.45, 7) is 9.07. The van der Waals surface area contributed by atoms with Crippen molar-refractivity contribution < 1.29 is 13.9 Å². The van der Waals surface area contributed by atoms with E-state index in [1.165, 1.54) is 11.6 Å². The summed E-state index contributed by atoms with van der Waals surface area (Å²) in [5.74, 6) is 1.40. The number of aryl methyl sites for hydroxylation is 2. The highest BCUT2D eigenvalue weighted by Crippen LogP contribution is 2.38. The first-order chi connectivity index (χ1) is 13.0. The van der Waals surface area contributed by atoms with E-state index in [0.717, 1.165) is 37.3 Å². The van der Waals surface area contributed by atoms with Crippen LogP contribution >= 0.6 is 0 Å². The number of hydrogen-bond acceptors (Lipinski definition) is 4. The second kappa shape index (κ2) is 7.47. The summed E-state index contributed by atoms with van der Waals surface area (Å²) in [5.41, 5.74) is 4.16. The summed E-state index contributed by atoms with van der Waals surface area (Å²) >= 11 is 0. The molecule has 4 rings (SSSR count). The first-order valence-corrected chi connectivity index (χ1v) is 9.79. The van der Waals surface area contributed by atoms with Gasteiger partial charge in [-0.05, 0) is 69.8 Å². The minimum Gasteiger partial charge on any atom is -0.486 e. The number of fused-ring (bicyclic) bond motifs is 1. The Hall–Kier alpha value is -2.14. The van der Waals surface area contributed by atoms with Crippen LogP contribution in [-0.4, -0.2) is 36.2 Å². The van der Waals surface area contributed by atoms with Gasteiger partial charge in [0.1, 0.15) is 19.0 Å². The van der Waals surface area contributed by atoms with Crippen molar-refractivity contribution in [3.8, 4) is 11.5 Å². The van der Waals surface area contributed by atoms with Crippen molar-refractivity contribution in [2.75, 3.05) is 26.3 Å². The van der Waals surface area contributed by atoms with Crippen molar-refractivity contribution in [1.82, 2.24) is 9.88 Å². The van der Waals surface area contributed by atoms with Crippen molar-refractivity contribution in [3.05, 3.63) is 52.6 Å². The van der Waals surface area contributed by atoms with Crippen LogP contribution in [-0.2, 0) is 0 Å². The number of pyridine rings is 1. The third-order valence-electron chi connectivity index (χ3n) is 5.69. The molecular weight excluding hydrogens is 343 g/mol. The van der Waals surface area contributed by atoms with Gasteiger partial charge in [0.15, 0.2) is 11.5 Å². The molecule has 2 aliphatic rings. The lowest BCUT2D eigenvalue weighted by Crippen LogP contribution is -2.36. The van der Waals surface area contributed by atoms with Crippen LogP contribution in [0, 0.1) is 19.7 Å². The normalized spacial score (nSPS) is 21.1. The zero-order valence-corrected chi connectivity index (χ0v) is 16.3. The second-order valence-corrected chi connectivity index (χ2v) is 7.71. The van der Waals surface area contributed by atoms with Crippen molar-refractivity contribution >= 4 is 0 Å². The topological polar surface area (TPSA) is 34.6 Å². The largest absolute Gasteiger partial charge is 0.486 e. The van der Waals surface area contributed by atoms with Gasteiger partial charge in [0, 0.05) is 35.6 Å². The maximum Gasteiger partial charge on any atom is 0.164 e. The first-order valence-electron chi connectivity index (χ1n) is 9.79. The molecule has 0 N–H and O–H groups in total. The number of halogens is 1. The molecule has 2 aliphatic heterocycles. The zero-order valence-electron chi connectivity index (χ0n) is 16.3. The third kappa shape index (κ3) is 3.79. The fourth-order valence-electron chi connectivity index (χ4n) is 4.33. The molecule has 1 aromatic carbocycles. The van der Waals surface area contributed by atoms with Crippen LogP contribution in [0.2, 0.25) is 0 Å². The van der Waals surface area contributed by atoms with Gasteiger partial charge in [-0.2, -0.15) is 0 Å². The number of nitrogens with zero attached hydrogens (tertiary/aromatic N) is 2. The highest BCUT2D eigenvalue weighted by molar-refractivity contribution is 5.45. The quantitative estimate of drug-likeness (QED) is 0.794. The van der Waals surface area contributed by atoms with Crippen LogP contribution in [0.5, 0.6) is 11.5 Å². The van der Waals surface area contributed by atoms with Gasteiger partial charge < -0.3 is 9.47 Å². The molecule has 0 radical (unpaired) electrons. The Morgan fingerprint density at radius 3 is 2.44 bits per heavy atom. The highest BCUT2D eigenvalue weighted by Gasteiger charge is 2.28. The average molecular weight is 370 g/mol. The smallest absolute Gasteiger partial charge is 0.164 e. The fourth-order valence-corrected chi connectivity index (χ4v) is 4.33. The molecule has 27 heavy (non-hydrogen) atoms. The second-order valence-electron chi connectivity index (χ2n) is 7.71. The van der Waals surface area contributed by atoms with E-state index in [2.05, 4.69) is 28.9 Å². The SMILES string of the molecule is Cc1cc(C2CCCN(C(C)c3cc4c(cc3F)OCCO4)C2)cc(C)n1. The van der Waals surface area contributed by atoms with Crippen LogP contribution in [0.3, 0.4) is 0 Å². The Balaban J connectivity index is 1.56. The predicted molar refractivity (Wildman–Crippen MR) is 103 cm³/mol. The van der Waals surface area contributed by atoms with Gasteiger partial charge in [-0.15, -0.1) is 0 Å². The zero-order chi connectivity index (χ0) is 19.0. The standard InChI is InChI=1S/C22H27FN2O2/c1-14-9-18(10-15(2)24-14)17-5-4-6-25(13-17)16(3)19-11-21-22(12-20(19)23)27-8-7-26-21/h9-12,16-17H,4-8,13H2,1-3H3. The number of hydrogen-bond donors (Lipinski definition) is 0. The van der Waals surface area contributed by atoms with E-state index in [9.17, 15) is 4.39 Å². The Morgan fingerprint density at radius 2 is 1.74 bits per heavy atom. The summed E-state index contributed by atoms with van der Waals surface area (Å²) in [6.07, 6.45) is 2.28. The van der Waals surface area contributed by atoms with Gasteiger partial charge in [-0.1, -0.05) is 0 Å². The Labute approximate surface area is 160 Å². The van der Waals surface area contributed by atoms with Gasteiger partial charge in [0.05, 0.1) is 0 Å². The average Bonchev–Trinajstić information content (AvgIpc) is 2.66. The highest BCUT2D eigenvalue weighted by atomic mass is 19.1. The van der Waals surface area contributed by atoms with E-state index < -0.39 is 0 Å². The molecule has 2 unspecified atom stereocenters. The van der Waals surface area contributed by atoms with Gasteiger partial charge >= 0.3 is 0 Å². The van der Waals surface area contributed by atoms with Gasteiger partial charge in [-0.25, -0.2) is 4.39 Å². The number of piperidine rings is 1. The minimum absolute atomic E-state index is 0.00680. The number of aromatic nitrogens is 1. The van der Waals surface area contributed by atoms with Gasteiger partial charge in [0.25, 0.3) is 0 Å². The van der Waals surface area contributed by atoms with E-state index in [0.29, 0.717) is 36.2 Å². The van der Waals surface area contributed by atoms with Crippen LogP contribution < -0.4 is 9.47 Å². The molecule has 0 spiro atoms. The summed E-state index contributed by atoms with van der Waals surface area (Å²) in [4.78, 5) is 6.88. The Morgan fingerprint density at radius 1 is 1.07 bits per heavy atom. The molecule has 3 heterocycles. The lowest BCUT2D eigenvalue weighted by Gasteiger charge is -2.37. The van der Waals surface area contributed by atoms with Crippen LogP contribution in [0.25, 0.3) is 0 Å². The van der Waals surface area contributed by atoms with Crippen LogP contribution in [0.4, 0.5) is 4.39 Å². The molecule has 1 aromatic heterocycles. The molecule has 5 heteroatoms. The molecule has 0 amide bonds. The van der Waals surface area contributed by atoms with E-state index >= 15 is 0 Å². The van der Waals surface area contributed by atoms with Crippen molar-refractivity contribution in [3.63, 3.8) is 0 Å². The molecule has 4 nitrogen and oxygen atoms in total. The number of likely N-dealkylation sites (tertiary alicyclic amines) is 1. The van der Waals surface area contributed by atoms with E-state index in [1.807, 2.05) is 19.9 Å². The summed E-state index contributed by atoms with van der Waals surface area (Å²) < 4.78 is 25.9. The maximum atomic E-state index is 14.7. The molecule has 1 saturated heterocycles. The van der Waals surface area contributed by atoms with Crippen molar-refractivity contribution in [2.45, 2.75) is 45.6 Å². The van der Waals surface area contributed by atoms with E-state index in [4.69, 9.17) is 9.47 Å². The molecule has 2 atom stereocenters. The summed E-state index contributed by atoms with van der Waals surface area (Å²) in [6, 6.07) is 7.66. The van der Waals surface area contributed by atoms with Gasteiger partial charge in [-0.3, -0.25) is 9.88 Å². The van der Waals surface area contributed by atoms with Crippen LogP contribution in [0.1, 0.15) is 54.2 Å². The van der Waals surface area contributed by atoms with Crippen LogP contribution in [0.15, 0.2) is 24.3 Å². The summed E-state index contributed by atoms with van der Waals surface area (Å²) in [7, 11) is 0. The summed E-state index contributed by atoms with van der Waals surface area (Å²) in [5, 5.41) is 0. The van der Waals surface area contributed by atoms with E-state index in [1.54, 1.807) is 0 Å². The van der Waals surface area contributed by atoms with Crippen molar-refractivity contribution in [1.29, 1.82) is 0 Å². The molecule has 144 valence electrons. The molecule has 0 aliphatic carbocycles. The number of benzene rings is 1. The predicted octanol–water partition coefficient (Wildman–Crippen LogP) is 4.55. The maximum absolute atomic E-state index is 14.7. The number of rotatable bonds is 3. The monoisotopic (exact) mass is 370 g/mol. The number of ether oxygens (including phenoxy) is 2.